The lowest BCUT2D eigenvalue weighted by Crippen LogP contribution is -2.40. The molecule has 1 heterocycles. The molecule has 1 atom stereocenters. The Kier molecular flexibility index (Phi) is 4.10. The molecule has 0 saturated carbocycles. The number of ether oxygens (including phenoxy) is 3. The van der Waals surface area contributed by atoms with Gasteiger partial charge in [0.05, 0.1) is 26.2 Å². The van der Waals surface area contributed by atoms with E-state index in [1.54, 1.807) is 14.2 Å². The molecule has 1 aliphatic heterocycles. The van der Waals surface area contributed by atoms with Crippen molar-refractivity contribution in [1.29, 1.82) is 0 Å². The third-order valence-electron chi connectivity index (χ3n) is 3.95. The molecule has 0 spiro atoms. The molecule has 1 N–H and O–H groups in total. The average Bonchev–Trinajstić information content (AvgIpc) is 2.58. The van der Waals surface area contributed by atoms with Gasteiger partial charge in [-0.3, -0.25) is 4.79 Å². The third-order valence-corrected chi connectivity index (χ3v) is 3.95. The van der Waals surface area contributed by atoms with Gasteiger partial charge in [-0.05, 0) is 18.2 Å². The average molecular weight is 314 g/mol. The number of carboxylic acids is 1. The van der Waals surface area contributed by atoms with Crippen LogP contribution in [0.15, 0.2) is 42.2 Å². The predicted octanol–water partition coefficient (Wildman–Crippen LogP) is 1.32. The van der Waals surface area contributed by atoms with Crippen LogP contribution in [0.5, 0.6) is 5.75 Å². The molecule has 1 aromatic rings. The Morgan fingerprint density at radius 2 is 2.13 bits per heavy atom. The SMILES string of the molecule is COC1=CC=CC2OC(CCC(=O)O)=c3cccc(OC)c3=C12. The van der Waals surface area contributed by atoms with E-state index in [1.807, 2.05) is 36.4 Å². The Hall–Kier alpha value is -2.69. The molecule has 0 bridgehead atoms. The van der Waals surface area contributed by atoms with Gasteiger partial charge in [0.25, 0.3) is 0 Å². The molecule has 5 nitrogen and oxygen atoms in total. The second-order valence-corrected chi connectivity index (χ2v) is 5.27. The first-order valence-electron chi connectivity index (χ1n) is 7.37. The zero-order chi connectivity index (χ0) is 16.4. The van der Waals surface area contributed by atoms with Crippen LogP contribution in [0.1, 0.15) is 12.8 Å². The van der Waals surface area contributed by atoms with Crippen molar-refractivity contribution in [3.63, 3.8) is 0 Å². The van der Waals surface area contributed by atoms with Gasteiger partial charge < -0.3 is 19.3 Å². The van der Waals surface area contributed by atoms with Crippen molar-refractivity contribution in [2.75, 3.05) is 14.2 Å². The summed E-state index contributed by atoms with van der Waals surface area (Å²) in [6.07, 6.45) is 5.73. The minimum Gasteiger partial charge on any atom is -0.496 e. The van der Waals surface area contributed by atoms with Crippen LogP contribution >= 0.6 is 0 Å². The molecule has 0 amide bonds. The number of hydrogen-bond acceptors (Lipinski definition) is 4. The van der Waals surface area contributed by atoms with Gasteiger partial charge in [-0.15, -0.1) is 0 Å². The van der Waals surface area contributed by atoms with Crippen LogP contribution in [0, 0.1) is 0 Å². The van der Waals surface area contributed by atoms with Gasteiger partial charge in [0.2, 0.25) is 0 Å². The summed E-state index contributed by atoms with van der Waals surface area (Å²) in [6, 6.07) is 5.68. The number of aliphatic carboxylic acids is 1. The van der Waals surface area contributed by atoms with E-state index in [-0.39, 0.29) is 12.5 Å². The summed E-state index contributed by atoms with van der Waals surface area (Å²) in [5.41, 5.74) is 0.904. The monoisotopic (exact) mass is 314 g/mol. The van der Waals surface area contributed by atoms with Crippen molar-refractivity contribution in [3.8, 4) is 5.75 Å². The third kappa shape index (κ3) is 2.70. The van der Waals surface area contributed by atoms with Gasteiger partial charge in [0, 0.05) is 16.9 Å². The van der Waals surface area contributed by atoms with Gasteiger partial charge in [-0.2, -0.15) is 0 Å². The number of carboxylic acid groups (broad SMARTS) is 1. The Bertz CT molecular complexity index is 816. The molecule has 23 heavy (non-hydrogen) atoms. The molecule has 0 radical (unpaired) electrons. The van der Waals surface area contributed by atoms with Crippen molar-refractivity contribution < 1.29 is 24.1 Å². The zero-order valence-electron chi connectivity index (χ0n) is 13.0. The lowest BCUT2D eigenvalue weighted by atomic mass is 9.95. The molecule has 1 aromatic carbocycles. The van der Waals surface area contributed by atoms with Crippen LogP contribution < -0.4 is 15.2 Å². The van der Waals surface area contributed by atoms with Crippen molar-refractivity contribution >= 4 is 17.3 Å². The van der Waals surface area contributed by atoms with Crippen LogP contribution in [-0.2, 0) is 14.3 Å². The van der Waals surface area contributed by atoms with Crippen molar-refractivity contribution in [2.24, 2.45) is 0 Å². The maximum Gasteiger partial charge on any atom is 0.303 e. The minimum atomic E-state index is -0.850. The molecule has 3 rings (SSSR count). The lowest BCUT2D eigenvalue weighted by molar-refractivity contribution is -0.137. The van der Waals surface area contributed by atoms with E-state index in [2.05, 4.69) is 0 Å². The topological polar surface area (TPSA) is 65.0 Å². The number of rotatable bonds is 5. The van der Waals surface area contributed by atoms with E-state index in [4.69, 9.17) is 19.3 Å². The van der Waals surface area contributed by atoms with E-state index in [1.165, 1.54) is 0 Å². The van der Waals surface area contributed by atoms with Gasteiger partial charge >= 0.3 is 5.97 Å². The van der Waals surface area contributed by atoms with Crippen molar-refractivity contribution in [3.05, 3.63) is 52.6 Å². The van der Waals surface area contributed by atoms with Crippen LogP contribution in [0.3, 0.4) is 0 Å². The highest BCUT2D eigenvalue weighted by molar-refractivity contribution is 5.75. The summed E-state index contributed by atoms with van der Waals surface area (Å²) in [4.78, 5) is 10.9. The summed E-state index contributed by atoms with van der Waals surface area (Å²) < 4.78 is 17.1. The number of allylic oxidation sites excluding steroid dienone is 2. The molecule has 0 fully saturated rings. The van der Waals surface area contributed by atoms with Crippen molar-refractivity contribution in [1.82, 2.24) is 0 Å². The molecule has 1 aliphatic carbocycles. The second-order valence-electron chi connectivity index (χ2n) is 5.27. The molecule has 0 aromatic heterocycles. The molecule has 1 unspecified atom stereocenters. The van der Waals surface area contributed by atoms with Gasteiger partial charge in [-0.1, -0.05) is 18.2 Å². The Labute approximate surface area is 133 Å². The zero-order valence-corrected chi connectivity index (χ0v) is 13.0. The van der Waals surface area contributed by atoms with E-state index < -0.39 is 5.97 Å². The van der Waals surface area contributed by atoms with Gasteiger partial charge in [0.15, 0.2) is 0 Å². The highest BCUT2D eigenvalue weighted by Gasteiger charge is 2.28. The normalized spacial score (nSPS) is 18.5. The quantitative estimate of drug-likeness (QED) is 0.888. The number of hydrogen-bond donors (Lipinski definition) is 1. The number of carbonyl (C=O) groups is 1. The molecule has 0 saturated heterocycles. The van der Waals surface area contributed by atoms with E-state index >= 15 is 0 Å². The van der Waals surface area contributed by atoms with E-state index in [0.29, 0.717) is 12.2 Å². The van der Waals surface area contributed by atoms with Gasteiger partial charge in [-0.25, -0.2) is 0 Å². The maximum atomic E-state index is 10.9. The highest BCUT2D eigenvalue weighted by Crippen LogP contribution is 2.29. The summed E-state index contributed by atoms with van der Waals surface area (Å²) in [5.74, 6) is 1.26. The molecule has 2 aliphatic rings. The van der Waals surface area contributed by atoms with E-state index in [9.17, 15) is 4.79 Å². The summed E-state index contributed by atoms with van der Waals surface area (Å²) in [5, 5.41) is 10.7. The fourth-order valence-electron chi connectivity index (χ4n) is 2.95. The predicted molar refractivity (Wildman–Crippen MR) is 85.0 cm³/mol. The standard InChI is InChI=1S/C18H18O5/c1-21-13-6-3-5-11-12(9-10-16(19)20)23-15-8-4-7-14(22-2)18(15)17(11)13/h3-8,15H,9-10H2,1-2H3,(H,19,20). The summed E-state index contributed by atoms with van der Waals surface area (Å²) in [6.45, 7) is 0. The molecule has 120 valence electrons. The van der Waals surface area contributed by atoms with Crippen LogP contribution in [0.2, 0.25) is 0 Å². The largest absolute Gasteiger partial charge is 0.496 e. The summed E-state index contributed by atoms with van der Waals surface area (Å²) >= 11 is 0. The van der Waals surface area contributed by atoms with Crippen molar-refractivity contribution in [2.45, 2.75) is 18.9 Å². The van der Waals surface area contributed by atoms with Crippen LogP contribution in [-0.4, -0.2) is 31.4 Å². The fourth-order valence-corrected chi connectivity index (χ4v) is 2.95. The first kappa shape index (κ1) is 15.2. The number of methoxy groups -OCH3 is 2. The lowest BCUT2D eigenvalue weighted by Gasteiger charge is -2.28. The molecule has 5 heteroatoms. The minimum absolute atomic E-state index is 0.0186. The fraction of sp³-hybridized carbons (Fsp3) is 0.278. The van der Waals surface area contributed by atoms with E-state index in [0.717, 1.165) is 27.5 Å². The maximum absolute atomic E-state index is 10.9. The van der Waals surface area contributed by atoms with Gasteiger partial charge in [0.1, 0.15) is 23.4 Å². The van der Waals surface area contributed by atoms with Crippen LogP contribution in [0.25, 0.3) is 11.3 Å². The smallest absolute Gasteiger partial charge is 0.303 e. The Morgan fingerprint density at radius 1 is 1.30 bits per heavy atom. The number of benzene rings is 1. The number of fused-ring (bicyclic) bond motifs is 2. The second kappa shape index (κ2) is 6.20. The van der Waals surface area contributed by atoms with Crippen LogP contribution in [0.4, 0.5) is 0 Å². The highest BCUT2D eigenvalue weighted by atomic mass is 16.5. The first-order chi connectivity index (χ1) is 11.2. The molecular weight excluding hydrogens is 296 g/mol. The Balaban J connectivity index is 2.30. The Morgan fingerprint density at radius 3 is 2.83 bits per heavy atom. The molecular formula is C18H18O5. The summed E-state index contributed by atoms with van der Waals surface area (Å²) in [7, 11) is 3.24. The first-order valence-corrected chi connectivity index (χ1v) is 7.37.